The number of nitrogens with one attached hydrogen (secondary N) is 1. The maximum Gasteiger partial charge on any atom is 0.118 e. The van der Waals surface area contributed by atoms with Crippen molar-refractivity contribution >= 4 is 0 Å². The first-order valence-electron chi connectivity index (χ1n) is 7.23. The van der Waals surface area contributed by atoms with Gasteiger partial charge in [0.15, 0.2) is 0 Å². The number of aliphatic hydroxyl groups excluding tert-OH is 1. The normalized spacial score (nSPS) is 25.0. The summed E-state index contributed by atoms with van der Waals surface area (Å²) in [5, 5.41) is 12.8. The van der Waals surface area contributed by atoms with E-state index in [1.54, 1.807) is 7.11 Å². The molecule has 19 heavy (non-hydrogen) atoms. The summed E-state index contributed by atoms with van der Waals surface area (Å²) < 4.78 is 5.18. The molecule has 0 radical (unpaired) electrons. The number of benzene rings is 1. The second-order valence-electron chi connectivity index (χ2n) is 5.56. The highest BCUT2D eigenvalue weighted by molar-refractivity contribution is 5.28. The Kier molecular flexibility index (Phi) is 5.23. The van der Waals surface area contributed by atoms with Gasteiger partial charge in [0.2, 0.25) is 0 Å². The highest BCUT2D eigenvalue weighted by Crippen LogP contribution is 2.26. The van der Waals surface area contributed by atoms with E-state index < -0.39 is 0 Å². The predicted octanol–water partition coefficient (Wildman–Crippen LogP) is 2.90. The first kappa shape index (κ1) is 14.4. The lowest BCUT2D eigenvalue weighted by Crippen LogP contribution is -2.35. The van der Waals surface area contributed by atoms with E-state index in [1.807, 2.05) is 12.1 Å². The summed E-state index contributed by atoms with van der Waals surface area (Å²) in [4.78, 5) is 0. The molecule has 1 unspecified atom stereocenters. The highest BCUT2D eigenvalue weighted by atomic mass is 16.5. The van der Waals surface area contributed by atoms with Gasteiger partial charge in [-0.25, -0.2) is 0 Å². The molecule has 1 aliphatic rings. The van der Waals surface area contributed by atoms with Gasteiger partial charge in [0.1, 0.15) is 5.75 Å². The monoisotopic (exact) mass is 263 g/mol. The highest BCUT2D eigenvalue weighted by Gasteiger charge is 2.21. The number of methoxy groups -OCH3 is 1. The van der Waals surface area contributed by atoms with Crippen molar-refractivity contribution in [1.82, 2.24) is 5.32 Å². The summed E-state index contributed by atoms with van der Waals surface area (Å²) in [6.45, 7) is 2.56. The standard InChI is InChI=1S/C16H25NO2/c1-12(14-5-9-16(19-2)10-6-14)17-15-7-3-13(11-18)4-8-15/h5-6,9-10,12-13,15,17-18H,3-4,7-8,11H2,1-2H3. The van der Waals surface area contributed by atoms with Crippen LogP contribution in [0.15, 0.2) is 24.3 Å². The van der Waals surface area contributed by atoms with Crippen LogP contribution in [0.25, 0.3) is 0 Å². The van der Waals surface area contributed by atoms with Crippen molar-refractivity contribution in [1.29, 1.82) is 0 Å². The van der Waals surface area contributed by atoms with Crippen molar-refractivity contribution in [3.8, 4) is 5.75 Å². The van der Waals surface area contributed by atoms with Gasteiger partial charge in [0.05, 0.1) is 7.11 Å². The average molecular weight is 263 g/mol. The number of hydrogen-bond donors (Lipinski definition) is 2. The second-order valence-corrected chi connectivity index (χ2v) is 5.56. The lowest BCUT2D eigenvalue weighted by molar-refractivity contribution is 0.172. The van der Waals surface area contributed by atoms with Crippen molar-refractivity contribution in [2.24, 2.45) is 5.92 Å². The Hall–Kier alpha value is -1.06. The minimum absolute atomic E-state index is 0.348. The van der Waals surface area contributed by atoms with Crippen LogP contribution in [-0.4, -0.2) is 24.9 Å². The number of ether oxygens (including phenoxy) is 1. The quantitative estimate of drug-likeness (QED) is 0.858. The molecule has 1 fully saturated rings. The Balaban J connectivity index is 1.85. The van der Waals surface area contributed by atoms with Gasteiger partial charge in [0, 0.05) is 18.7 Å². The molecule has 2 rings (SSSR count). The van der Waals surface area contributed by atoms with E-state index in [0.29, 0.717) is 24.6 Å². The summed E-state index contributed by atoms with van der Waals surface area (Å²) in [5.41, 5.74) is 1.30. The van der Waals surface area contributed by atoms with Gasteiger partial charge >= 0.3 is 0 Å². The zero-order chi connectivity index (χ0) is 13.7. The van der Waals surface area contributed by atoms with E-state index in [1.165, 1.54) is 18.4 Å². The Labute approximate surface area is 116 Å². The van der Waals surface area contributed by atoms with Gasteiger partial charge in [0.25, 0.3) is 0 Å². The Morgan fingerprint density at radius 3 is 2.37 bits per heavy atom. The fraction of sp³-hybridized carbons (Fsp3) is 0.625. The summed E-state index contributed by atoms with van der Waals surface area (Å²) in [6, 6.07) is 9.21. The third-order valence-corrected chi connectivity index (χ3v) is 4.21. The Bertz CT molecular complexity index is 369. The molecule has 0 saturated heterocycles. The second kappa shape index (κ2) is 6.92. The van der Waals surface area contributed by atoms with Crippen molar-refractivity contribution in [2.75, 3.05) is 13.7 Å². The van der Waals surface area contributed by atoms with Crippen LogP contribution in [0.3, 0.4) is 0 Å². The van der Waals surface area contributed by atoms with Crippen LogP contribution in [0.2, 0.25) is 0 Å². The van der Waals surface area contributed by atoms with Gasteiger partial charge in [-0.15, -0.1) is 0 Å². The van der Waals surface area contributed by atoms with Crippen molar-refractivity contribution in [3.63, 3.8) is 0 Å². The summed E-state index contributed by atoms with van der Waals surface area (Å²) in [7, 11) is 1.69. The lowest BCUT2D eigenvalue weighted by Gasteiger charge is -2.30. The number of hydrogen-bond acceptors (Lipinski definition) is 3. The van der Waals surface area contributed by atoms with Crippen LogP contribution < -0.4 is 10.1 Å². The largest absolute Gasteiger partial charge is 0.497 e. The fourth-order valence-corrected chi connectivity index (χ4v) is 2.85. The van der Waals surface area contributed by atoms with E-state index in [-0.39, 0.29) is 0 Å². The van der Waals surface area contributed by atoms with Crippen LogP contribution >= 0.6 is 0 Å². The molecule has 0 spiro atoms. The summed E-state index contributed by atoms with van der Waals surface area (Å²) in [6.07, 6.45) is 4.63. The Morgan fingerprint density at radius 1 is 1.21 bits per heavy atom. The molecule has 3 nitrogen and oxygen atoms in total. The topological polar surface area (TPSA) is 41.5 Å². The maximum absolute atomic E-state index is 9.15. The lowest BCUT2D eigenvalue weighted by atomic mass is 9.86. The van der Waals surface area contributed by atoms with Crippen LogP contribution in [0.4, 0.5) is 0 Å². The van der Waals surface area contributed by atoms with E-state index in [2.05, 4.69) is 24.4 Å². The third kappa shape index (κ3) is 3.95. The van der Waals surface area contributed by atoms with Gasteiger partial charge in [-0.2, -0.15) is 0 Å². The molecular weight excluding hydrogens is 238 g/mol. The molecule has 106 valence electrons. The van der Waals surface area contributed by atoms with E-state index in [9.17, 15) is 0 Å². The van der Waals surface area contributed by atoms with Crippen molar-refractivity contribution in [3.05, 3.63) is 29.8 Å². The molecule has 1 saturated carbocycles. The van der Waals surface area contributed by atoms with Crippen LogP contribution in [0, 0.1) is 5.92 Å². The van der Waals surface area contributed by atoms with Crippen molar-refractivity contribution in [2.45, 2.75) is 44.7 Å². The van der Waals surface area contributed by atoms with Gasteiger partial charge in [-0.05, 0) is 56.2 Å². The van der Waals surface area contributed by atoms with Crippen LogP contribution in [0.1, 0.15) is 44.2 Å². The molecule has 1 aliphatic carbocycles. The molecule has 0 amide bonds. The summed E-state index contributed by atoms with van der Waals surface area (Å²) in [5.74, 6) is 1.42. The van der Waals surface area contributed by atoms with Crippen LogP contribution in [-0.2, 0) is 0 Å². The van der Waals surface area contributed by atoms with E-state index >= 15 is 0 Å². The predicted molar refractivity (Wildman–Crippen MR) is 77.4 cm³/mol. The minimum atomic E-state index is 0.348. The molecule has 3 heteroatoms. The zero-order valence-corrected chi connectivity index (χ0v) is 11.9. The SMILES string of the molecule is COc1ccc(C(C)NC2CCC(CO)CC2)cc1. The zero-order valence-electron chi connectivity index (χ0n) is 11.9. The van der Waals surface area contributed by atoms with Crippen LogP contribution in [0.5, 0.6) is 5.75 Å². The van der Waals surface area contributed by atoms with Gasteiger partial charge < -0.3 is 15.2 Å². The first-order valence-corrected chi connectivity index (χ1v) is 7.23. The average Bonchev–Trinajstić information content (AvgIpc) is 2.48. The molecule has 0 aliphatic heterocycles. The van der Waals surface area contributed by atoms with E-state index in [0.717, 1.165) is 18.6 Å². The molecule has 0 bridgehead atoms. The molecule has 1 aromatic rings. The Morgan fingerprint density at radius 2 is 1.84 bits per heavy atom. The number of rotatable bonds is 5. The van der Waals surface area contributed by atoms with Gasteiger partial charge in [-0.1, -0.05) is 12.1 Å². The molecule has 0 heterocycles. The van der Waals surface area contributed by atoms with Gasteiger partial charge in [-0.3, -0.25) is 0 Å². The minimum Gasteiger partial charge on any atom is -0.497 e. The number of aliphatic hydroxyl groups is 1. The fourth-order valence-electron chi connectivity index (χ4n) is 2.85. The maximum atomic E-state index is 9.15. The van der Waals surface area contributed by atoms with E-state index in [4.69, 9.17) is 9.84 Å². The van der Waals surface area contributed by atoms with Crippen molar-refractivity contribution < 1.29 is 9.84 Å². The molecule has 2 N–H and O–H groups in total. The molecule has 0 aromatic heterocycles. The third-order valence-electron chi connectivity index (χ3n) is 4.21. The summed E-state index contributed by atoms with van der Waals surface area (Å²) >= 11 is 0. The molecule has 1 aromatic carbocycles. The molecular formula is C16H25NO2. The molecule has 1 atom stereocenters. The smallest absolute Gasteiger partial charge is 0.118 e. The first-order chi connectivity index (χ1) is 9.22.